The smallest absolute Gasteiger partial charge is 0.261 e. The van der Waals surface area contributed by atoms with Crippen LogP contribution in [0.15, 0.2) is 72.8 Å². The van der Waals surface area contributed by atoms with Crippen LogP contribution in [0, 0.1) is 17.4 Å². The average molecular weight is 477 g/mol. The van der Waals surface area contributed by atoms with E-state index in [0.717, 1.165) is 12.0 Å². The van der Waals surface area contributed by atoms with E-state index in [1.165, 1.54) is 10.4 Å². The molecule has 4 heteroatoms. The summed E-state index contributed by atoms with van der Waals surface area (Å²) in [5.41, 5.74) is 3.43. The van der Waals surface area contributed by atoms with Crippen LogP contribution in [0.3, 0.4) is 0 Å². The largest absolute Gasteiger partial charge is 0.400 e. The van der Waals surface area contributed by atoms with Gasteiger partial charge < -0.3 is 9.53 Å². The zero-order valence-corrected chi connectivity index (χ0v) is 23.4. The minimum Gasteiger partial charge on any atom is -0.400 e. The molecule has 2 aromatic rings. The monoisotopic (exact) mass is 476 g/mol. The van der Waals surface area contributed by atoms with Crippen LogP contribution in [-0.4, -0.2) is 33.2 Å². The summed E-state index contributed by atoms with van der Waals surface area (Å²) in [6.07, 6.45) is 1.08. The highest BCUT2D eigenvalue weighted by molar-refractivity contribution is 6.99. The van der Waals surface area contributed by atoms with Crippen LogP contribution < -0.4 is 10.4 Å². The van der Waals surface area contributed by atoms with E-state index in [2.05, 4.69) is 126 Å². The topological polar surface area (TPSA) is 29.5 Å². The minimum atomic E-state index is -2.75. The maximum absolute atomic E-state index is 11.7. The average Bonchev–Trinajstić information content (AvgIpc) is 2.76. The Balaban J connectivity index is 2.16. The Kier molecular flexibility index (Phi) is 7.31. The van der Waals surface area contributed by atoms with E-state index in [4.69, 9.17) is 4.43 Å². The second-order valence-electron chi connectivity index (χ2n) is 11.6. The Morgan fingerprint density at radius 2 is 1.45 bits per heavy atom. The maximum Gasteiger partial charge on any atom is 0.261 e. The molecule has 0 amide bonds. The van der Waals surface area contributed by atoms with E-state index < -0.39 is 22.0 Å². The van der Waals surface area contributed by atoms with Gasteiger partial charge in [-0.1, -0.05) is 120 Å². The van der Waals surface area contributed by atoms with Crippen molar-refractivity contribution in [1.29, 1.82) is 0 Å². The molecule has 0 spiro atoms. The molecule has 1 N–H and O–H groups in total. The molecule has 1 saturated carbocycles. The standard InChI is InChI=1S/C29H40O2Si2/c1-23-19-20-29(30,21-22-32(6,7)8)24(2)27(23)31-33(28(3,4)5,25-15-11-9-12-16-25)26-17-13-10-14-18-26/h9-18,24,27,30H,1,19-20H2,2-8H3/t24-,27-,29-/m0/s1. The quantitative estimate of drug-likeness (QED) is 0.357. The van der Waals surface area contributed by atoms with Crippen molar-refractivity contribution in [1.82, 2.24) is 0 Å². The van der Waals surface area contributed by atoms with Gasteiger partial charge in [-0.05, 0) is 33.8 Å². The first-order chi connectivity index (χ1) is 15.3. The van der Waals surface area contributed by atoms with Gasteiger partial charge in [-0.15, -0.1) is 5.54 Å². The highest BCUT2D eigenvalue weighted by atomic mass is 28.4. The molecule has 33 heavy (non-hydrogen) atoms. The predicted molar refractivity (Wildman–Crippen MR) is 146 cm³/mol. The summed E-state index contributed by atoms with van der Waals surface area (Å²) in [6.45, 7) is 20.0. The lowest BCUT2D eigenvalue weighted by atomic mass is 9.73. The molecule has 3 rings (SSSR count). The Hall–Kier alpha value is -1.91. The molecule has 1 aliphatic carbocycles. The summed E-state index contributed by atoms with van der Waals surface area (Å²) in [6, 6.07) is 21.3. The van der Waals surface area contributed by atoms with Gasteiger partial charge in [-0.3, -0.25) is 0 Å². The van der Waals surface area contributed by atoms with Gasteiger partial charge in [0.1, 0.15) is 13.7 Å². The fourth-order valence-corrected chi connectivity index (χ4v) is 10.2. The van der Waals surface area contributed by atoms with E-state index in [-0.39, 0.29) is 17.1 Å². The van der Waals surface area contributed by atoms with Gasteiger partial charge >= 0.3 is 0 Å². The molecule has 0 saturated heterocycles. The summed E-state index contributed by atoms with van der Waals surface area (Å²) in [7, 11) is -4.37. The molecule has 0 bridgehead atoms. The van der Waals surface area contributed by atoms with Crippen LogP contribution >= 0.6 is 0 Å². The molecule has 3 atom stereocenters. The molecular weight excluding hydrogens is 436 g/mol. The minimum absolute atomic E-state index is 0.130. The van der Waals surface area contributed by atoms with E-state index in [1.807, 2.05) is 0 Å². The number of hydrogen-bond donors (Lipinski definition) is 1. The van der Waals surface area contributed by atoms with Gasteiger partial charge in [0, 0.05) is 5.92 Å². The second kappa shape index (κ2) is 9.39. The number of benzene rings is 2. The van der Waals surface area contributed by atoms with Crippen molar-refractivity contribution < 1.29 is 9.53 Å². The molecule has 0 radical (unpaired) electrons. The van der Waals surface area contributed by atoms with Crippen molar-refractivity contribution in [3.63, 3.8) is 0 Å². The zero-order chi connectivity index (χ0) is 24.5. The van der Waals surface area contributed by atoms with Crippen LogP contribution in [-0.2, 0) is 4.43 Å². The summed E-state index contributed by atoms with van der Waals surface area (Å²) in [4.78, 5) is 0. The molecule has 2 aromatic carbocycles. The lowest BCUT2D eigenvalue weighted by Crippen LogP contribution is -2.69. The summed E-state index contributed by atoms with van der Waals surface area (Å²) in [5, 5.41) is 14.0. The maximum atomic E-state index is 11.7. The third-order valence-corrected chi connectivity index (χ3v) is 12.7. The Morgan fingerprint density at radius 1 is 0.970 bits per heavy atom. The van der Waals surface area contributed by atoms with Crippen molar-refractivity contribution in [3.05, 3.63) is 72.8 Å². The van der Waals surface area contributed by atoms with E-state index in [1.54, 1.807) is 0 Å². The molecule has 0 aliphatic heterocycles. The van der Waals surface area contributed by atoms with Crippen molar-refractivity contribution in [2.45, 2.75) is 76.9 Å². The second-order valence-corrected chi connectivity index (χ2v) is 20.6. The van der Waals surface area contributed by atoms with Crippen LogP contribution in [0.1, 0.15) is 40.5 Å². The van der Waals surface area contributed by atoms with Crippen molar-refractivity contribution >= 4 is 26.8 Å². The Morgan fingerprint density at radius 3 is 1.88 bits per heavy atom. The molecule has 0 aromatic heterocycles. The zero-order valence-electron chi connectivity index (χ0n) is 21.4. The summed E-state index contributed by atoms with van der Waals surface area (Å²) >= 11 is 0. The van der Waals surface area contributed by atoms with Crippen LogP contribution in [0.2, 0.25) is 24.7 Å². The molecule has 1 fully saturated rings. The van der Waals surface area contributed by atoms with Crippen molar-refractivity contribution in [3.8, 4) is 11.5 Å². The first kappa shape index (κ1) is 25.7. The fraction of sp³-hybridized carbons (Fsp3) is 0.448. The molecule has 0 heterocycles. The van der Waals surface area contributed by atoms with Gasteiger partial charge in [0.15, 0.2) is 0 Å². The Labute approximate surface area is 203 Å². The van der Waals surface area contributed by atoms with Crippen molar-refractivity contribution in [2.24, 2.45) is 5.92 Å². The van der Waals surface area contributed by atoms with Crippen LogP contribution in [0.4, 0.5) is 0 Å². The SMILES string of the molecule is C=C1CC[C@](O)(C#C[Si](C)(C)C)[C@@H](C)[C@H]1O[Si](c1ccccc1)(c1ccccc1)C(C)(C)C. The third kappa shape index (κ3) is 5.28. The van der Waals surface area contributed by atoms with Gasteiger partial charge in [0.05, 0.1) is 6.10 Å². The van der Waals surface area contributed by atoms with Gasteiger partial charge in [0.2, 0.25) is 0 Å². The molecule has 0 unspecified atom stereocenters. The lowest BCUT2D eigenvalue weighted by molar-refractivity contribution is -0.0282. The summed E-state index contributed by atoms with van der Waals surface area (Å²) in [5.74, 6) is 3.14. The number of rotatable bonds is 4. The predicted octanol–water partition coefficient (Wildman–Crippen LogP) is 5.53. The first-order valence-electron chi connectivity index (χ1n) is 12.0. The lowest BCUT2D eigenvalue weighted by Gasteiger charge is -2.50. The number of aliphatic hydroxyl groups is 1. The van der Waals surface area contributed by atoms with Crippen LogP contribution in [0.25, 0.3) is 0 Å². The number of hydrogen-bond acceptors (Lipinski definition) is 2. The molecular formula is C29H40O2Si2. The van der Waals surface area contributed by atoms with E-state index >= 15 is 0 Å². The van der Waals surface area contributed by atoms with Gasteiger partial charge in [-0.25, -0.2) is 0 Å². The highest BCUT2D eigenvalue weighted by Gasteiger charge is 2.54. The fourth-order valence-electron chi connectivity index (χ4n) is 4.86. The van der Waals surface area contributed by atoms with E-state index in [0.29, 0.717) is 6.42 Å². The normalized spacial score (nSPS) is 24.2. The first-order valence-corrected chi connectivity index (χ1v) is 17.4. The summed E-state index contributed by atoms with van der Waals surface area (Å²) < 4.78 is 7.39. The Bertz CT molecular complexity index is 983. The third-order valence-electron chi connectivity index (χ3n) is 6.81. The molecule has 2 nitrogen and oxygen atoms in total. The molecule has 1 aliphatic rings. The van der Waals surface area contributed by atoms with Crippen molar-refractivity contribution in [2.75, 3.05) is 0 Å². The van der Waals surface area contributed by atoms with Gasteiger partial charge in [-0.2, -0.15) is 0 Å². The molecule has 176 valence electrons. The van der Waals surface area contributed by atoms with Crippen LogP contribution in [0.5, 0.6) is 0 Å². The highest BCUT2D eigenvalue weighted by Crippen LogP contribution is 2.44. The van der Waals surface area contributed by atoms with Gasteiger partial charge in [0.25, 0.3) is 8.32 Å². The van der Waals surface area contributed by atoms with E-state index in [9.17, 15) is 5.11 Å².